The SMILES string of the molecule is COC(=O)[C@@H]1CCC2CC(c3c(OCC(F)(F)F)ccc(Cl)c3F)=CC(=O)N21. The van der Waals surface area contributed by atoms with Crippen molar-refractivity contribution in [2.45, 2.75) is 37.5 Å². The minimum atomic E-state index is -4.61. The molecule has 1 aromatic rings. The van der Waals surface area contributed by atoms with Crippen LogP contribution in [0.4, 0.5) is 17.6 Å². The summed E-state index contributed by atoms with van der Waals surface area (Å²) in [5, 5.41) is -0.302. The highest BCUT2D eigenvalue weighted by molar-refractivity contribution is 6.31. The molecule has 152 valence electrons. The summed E-state index contributed by atoms with van der Waals surface area (Å²) in [7, 11) is 1.22. The average Bonchev–Trinajstić information content (AvgIpc) is 3.05. The minimum absolute atomic E-state index is 0.152. The van der Waals surface area contributed by atoms with Crippen LogP contribution in [0.25, 0.3) is 5.57 Å². The number of hydrogen-bond donors (Lipinski definition) is 0. The van der Waals surface area contributed by atoms with Crippen LogP contribution in [0.5, 0.6) is 5.75 Å². The second-order valence-corrected chi connectivity index (χ2v) is 6.93. The number of fused-ring (bicyclic) bond motifs is 1. The lowest BCUT2D eigenvalue weighted by Gasteiger charge is -2.33. The Kier molecular flexibility index (Phi) is 5.56. The van der Waals surface area contributed by atoms with Gasteiger partial charge in [0.05, 0.1) is 17.7 Å². The molecule has 0 aliphatic carbocycles. The second kappa shape index (κ2) is 7.62. The van der Waals surface area contributed by atoms with Gasteiger partial charge < -0.3 is 14.4 Å². The smallest absolute Gasteiger partial charge is 0.422 e. The summed E-state index contributed by atoms with van der Waals surface area (Å²) in [6.07, 6.45) is -2.49. The van der Waals surface area contributed by atoms with E-state index in [1.807, 2.05) is 0 Å². The zero-order valence-corrected chi connectivity index (χ0v) is 15.4. The average molecular weight is 422 g/mol. The Bertz CT molecular complexity index is 840. The lowest BCUT2D eigenvalue weighted by Crippen LogP contribution is -2.46. The highest BCUT2D eigenvalue weighted by atomic mass is 35.5. The van der Waals surface area contributed by atoms with Crippen molar-refractivity contribution < 1.29 is 36.6 Å². The molecule has 0 N–H and O–H groups in total. The number of halogens is 5. The maximum absolute atomic E-state index is 14.7. The molecule has 3 rings (SSSR count). The topological polar surface area (TPSA) is 55.8 Å². The van der Waals surface area contributed by atoms with Crippen molar-refractivity contribution in [2.75, 3.05) is 13.7 Å². The van der Waals surface area contributed by atoms with Gasteiger partial charge in [0.1, 0.15) is 11.8 Å². The molecule has 1 fully saturated rings. The highest BCUT2D eigenvalue weighted by Gasteiger charge is 2.44. The van der Waals surface area contributed by atoms with Gasteiger partial charge in [0.15, 0.2) is 12.4 Å². The van der Waals surface area contributed by atoms with Gasteiger partial charge in [-0.05, 0) is 37.0 Å². The molecule has 2 aliphatic rings. The molecule has 0 bridgehead atoms. The highest BCUT2D eigenvalue weighted by Crippen LogP contribution is 2.41. The van der Waals surface area contributed by atoms with Crippen molar-refractivity contribution in [3.05, 3.63) is 34.6 Å². The van der Waals surface area contributed by atoms with Gasteiger partial charge in [-0.25, -0.2) is 9.18 Å². The summed E-state index contributed by atoms with van der Waals surface area (Å²) in [6.45, 7) is -1.61. The number of esters is 1. The van der Waals surface area contributed by atoms with Crippen molar-refractivity contribution in [1.29, 1.82) is 0 Å². The van der Waals surface area contributed by atoms with Crippen LogP contribution in [-0.4, -0.2) is 48.8 Å². The summed E-state index contributed by atoms with van der Waals surface area (Å²) in [4.78, 5) is 25.8. The molecule has 0 aromatic heterocycles. The fraction of sp³-hybridized carbons (Fsp3) is 0.444. The van der Waals surface area contributed by atoms with Crippen LogP contribution >= 0.6 is 11.6 Å². The van der Waals surface area contributed by atoms with E-state index in [9.17, 15) is 27.2 Å². The van der Waals surface area contributed by atoms with E-state index in [1.54, 1.807) is 0 Å². The Morgan fingerprint density at radius 3 is 2.68 bits per heavy atom. The van der Waals surface area contributed by atoms with E-state index in [2.05, 4.69) is 0 Å². The Morgan fingerprint density at radius 1 is 1.32 bits per heavy atom. The van der Waals surface area contributed by atoms with Crippen LogP contribution in [0.1, 0.15) is 24.8 Å². The molecule has 2 heterocycles. The Hall–Kier alpha value is -2.29. The molecule has 1 aromatic carbocycles. The summed E-state index contributed by atoms with van der Waals surface area (Å²) in [5.41, 5.74) is -0.0970. The van der Waals surface area contributed by atoms with Gasteiger partial charge in [-0.1, -0.05) is 11.6 Å². The third-order valence-electron chi connectivity index (χ3n) is 4.75. The Labute approximate surface area is 162 Å². The van der Waals surface area contributed by atoms with Gasteiger partial charge in [0.25, 0.3) is 0 Å². The number of ether oxygens (including phenoxy) is 2. The van der Waals surface area contributed by atoms with Crippen molar-refractivity contribution >= 4 is 29.1 Å². The van der Waals surface area contributed by atoms with Crippen LogP contribution in [-0.2, 0) is 14.3 Å². The first-order valence-electron chi connectivity index (χ1n) is 8.41. The van der Waals surface area contributed by atoms with Gasteiger partial charge in [-0.15, -0.1) is 0 Å². The zero-order chi connectivity index (χ0) is 20.6. The quantitative estimate of drug-likeness (QED) is 0.549. The number of hydrogen-bond acceptors (Lipinski definition) is 4. The number of amides is 1. The van der Waals surface area contributed by atoms with E-state index in [0.717, 1.165) is 18.2 Å². The largest absolute Gasteiger partial charge is 0.483 e. The van der Waals surface area contributed by atoms with Crippen molar-refractivity contribution in [2.24, 2.45) is 0 Å². The van der Waals surface area contributed by atoms with E-state index in [4.69, 9.17) is 21.1 Å². The van der Waals surface area contributed by atoms with E-state index >= 15 is 0 Å². The monoisotopic (exact) mass is 421 g/mol. The summed E-state index contributed by atoms with van der Waals surface area (Å²) in [6, 6.07) is 1.10. The fourth-order valence-corrected chi connectivity index (χ4v) is 3.76. The molecule has 1 unspecified atom stereocenters. The van der Waals surface area contributed by atoms with Gasteiger partial charge >= 0.3 is 12.1 Å². The number of carbonyl (C=O) groups excluding carboxylic acids is 2. The molecule has 0 radical (unpaired) electrons. The standard InChI is InChI=1S/C18H16ClF4NO4/c1-27-17(26)12-4-2-10-6-9(7-14(25)24(10)12)15-13(28-8-18(21,22)23)5-3-11(19)16(15)20/h3,5,7,10,12H,2,4,6,8H2,1H3/t10?,12-/m0/s1. The van der Waals surface area contributed by atoms with Crippen molar-refractivity contribution in [3.63, 3.8) is 0 Å². The minimum Gasteiger partial charge on any atom is -0.483 e. The molecule has 0 saturated carbocycles. The predicted octanol–water partition coefficient (Wildman–Crippen LogP) is 3.74. The maximum atomic E-state index is 14.7. The van der Waals surface area contributed by atoms with Gasteiger partial charge in [-0.3, -0.25) is 4.79 Å². The lowest BCUT2D eigenvalue weighted by molar-refractivity contribution is -0.153. The fourth-order valence-electron chi connectivity index (χ4n) is 3.61. The number of benzene rings is 1. The first kappa shape index (κ1) is 20.4. The molecule has 5 nitrogen and oxygen atoms in total. The van der Waals surface area contributed by atoms with Crippen LogP contribution in [0.2, 0.25) is 5.02 Å². The first-order valence-corrected chi connectivity index (χ1v) is 8.78. The summed E-state index contributed by atoms with van der Waals surface area (Å²) in [5.74, 6) is -2.40. The Morgan fingerprint density at radius 2 is 2.04 bits per heavy atom. The van der Waals surface area contributed by atoms with Crippen LogP contribution < -0.4 is 4.74 Å². The molecule has 1 saturated heterocycles. The first-order chi connectivity index (χ1) is 13.1. The number of rotatable bonds is 4. The van der Waals surface area contributed by atoms with Crippen LogP contribution in [0.3, 0.4) is 0 Å². The lowest BCUT2D eigenvalue weighted by atomic mass is 9.93. The van der Waals surface area contributed by atoms with Gasteiger partial charge in [0, 0.05) is 12.1 Å². The molecule has 1 amide bonds. The molecular weight excluding hydrogens is 406 g/mol. The summed E-state index contributed by atoms with van der Waals surface area (Å²) >= 11 is 5.79. The third kappa shape index (κ3) is 3.94. The molecule has 2 atom stereocenters. The number of methoxy groups -OCH3 is 1. The van der Waals surface area contributed by atoms with Gasteiger partial charge in [-0.2, -0.15) is 13.2 Å². The Balaban J connectivity index is 1.96. The molecule has 2 aliphatic heterocycles. The zero-order valence-electron chi connectivity index (χ0n) is 14.7. The van der Waals surface area contributed by atoms with Crippen molar-refractivity contribution in [1.82, 2.24) is 4.90 Å². The van der Waals surface area contributed by atoms with E-state index in [1.165, 1.54) is 12.0 Å². The number of carbonyl (C=O) groups is 2. The number of nitrogens with zero attached hydrogens (tertiary/aromatic N) is 1. The maximum Gasteiger partial charge on any atom is 0.422 e. The van der Waals surface area contributed by atoms with Crippen molar-refractivity contribution in [3.8, 4) is 5.75 Å². The predicted molar refractivity (Wildman–Crippen MR) is 91.2 cm³/mol. The van der Waals surface area contributed by atoms with E-state index in [0.29, 0.717) is 12.8 Å². The molecule has 28 heavy (non-hydrogen) atoms. The van der Waals surface area contributed by atoms with E-state index in [-0.39, 0.29) is 28.3 Å². The molecule has 0 spiro atoms. The second-order valence-electron chi connectivity index (χ2n) is 6.53. The van der Waals surface area contributed by atoms with Crippen LogP contribution in [0, 0.1) is 5.82 Å². The normalized spacial score (nSPS) is 22.0. The summed E-state index contributed by atoms with van der Waals surface area (Å²) < 4.78 is 61.7. The molecular formula is C18H16ClF4NO4. The third-order valence-corrected chi connectivity index (χ3v) is 5.04. The van der Waals surface area contributed by atoms with E-state index < -0.39 is 42.6 Å². The number of alkyl halides is 3. The molecule has 10 heteroatoms. The van der Waals surface area contributed by atoms with Gasteiger partial charge in [0.2, 0.25) is 5.91 Å². The van der Waals surface area contributed by atoms with Crippen LogP contribution in [0.15, 0.2) is 18.2 Å².